The number of anilines is 1. The average molecular weight is 261 g/mol. The highest BCUT2D eigenvalue weighted by molar-refractivity contribution is 5.47. The first-order valence-electron chi connectivity index (χ1n) is 5.71. The van der Waals surface area contributed by atoms with E-state index in [1.807, 2.05) is 13.8 Å². The molecule has 0 aliphatic rings. The Morgan fingerprint density at radius 1 is 1.22 bits per heavy atom. The quantitative estimate of drug-likeness (QED) is 0.872. The van der Waals surface area contributed by atoms with E-state index in [1.165, 1.54) is 0 Å². The van der Waals surface area contributed by atoms with Crippen LogP contribution in [0.1, 0.15) is 27.2 Å². The number of hydrogen-bond acceptors (Lipinski definition) is 2. The largest absolute Gasteiger partial charge is 0.379 e. The smallest absolute Gasteiger partial charge is 0.152 e. The summed E-state index contributed by atoms with van der Waals surface area (Å²) in [7, 11) is 1.58. The molecule has 1 aromatic carbocycles. The van der Waals surface area contributed by atoms with E-state index < -0.39 is 23.1 Å². The Bertz CT molecular complexity index is 398. The lowest BCUT2D eigenvalue weighted by Crippen LogP contribution is -2.31. The second-order valence-electron chi connectivity index (χ2n) is 4.96. The van der Waals surface area contributed by atoms with Crippen molar-refractivity contribution >= 4 is 5.69 Å². The van der Waals surface area contributed by atoms with Crippen LogP contribution >= 0.6 is 0 Å². The zero-order valence-corrected chi connectivity index (χ0v) is 11.0. The van der Waals surface area contributed by atoms with E-state index >= 15 is 0 Å². The Morgan fingerprint density at radius 3 is 2.17 bits per heavy atom. The summed E-state index contributed by atoms with van der Waals surface area (Å²) < 4.78 is 44.8. The van der Waals surface area contributed by atoms with Gasteiger partial charge in [0.2, 0.25) is 0 Å². The van der Waals surface area contributed by atoms with Crippen molar-refractivity contribution in [2.24, 2.45) is 0 Å². The first kappa shape index (κ1) is 14.8. The van der Waals surface area contributed by atoms with Crippen molar-refractivity contribution in [1.82, 2.24) is 0 Å². The molecule has 0 fully saturated rings. The molecule has 1 atom stereocenters. The van der Waals surface area contributed by atoms with Gasteiger partial charge in [-0.2, -0.15) is 0 Å². The van der Waals surface area contributed by atoms with Crippen LogP contribution in [0.4, 0.5) is 18.9 Å². The Hall–Kier alpha value is -1.23. The molecular weight excluding hydrogens is 243 g/mol. The van der Waals surface area contributed by atoms with Crippen LogP contribution in [-0.2, 0) is 4.74 Å². The molecule has 5 heteroatoms. The maximum atomic E-state index is 13.4. The maximum Gasteiger partial charge on any atom is 0.152 e. The van der Waals surface area contributed by atoms with Gasteiger partial charge in [0, 0.05) is 25.3 Å². The molecule has 2 nitrogen and oxygen atoms in total. The first-order valence-corrected chi connectivity index (χ1v) is 5.71. The van der Waals surface area contributed by atoms with Gasteiger partial charge >= 0.3 is 0 Å². The van der Waals surface area contributed by atoms with Crippen LogP contribution in [-0.4, -0.2) is 18.8 Å². The SMILES string of the molecule is COC(C)(C)CC(C)Nc1c(F)cc(F)cc1F. The van der Waals surface area contributed by atoms with Crippen molar-refractivity contribution in [2.45, 2.75) is 38.8 Å². The number of benzene rings is 1. The van der Waals surface area contributed by atoms with Gasteiger partial charge in [-0.15, -0.1) is 0 Å². The zero-order valence-electron chi connectivity index (χ0n) is 11.0. The minimum Gasteiger partial charge on any atom is -0.379 e. The number of methoxy groups -OCH3 is 1. The van der Waals surface area contributed by atoms with Gasteiger partial charge in [0.15, 0.2) is 11.6 Å². The van der Waals surface area contributed by atoms with Crippen LogP contribution in [0.3, 0.4) is 0 Å². The molecule has 0 aliphatic heterocycles. The topological polar surface area (TPSA) is 21.3 Å². The van der Waals surface area contributed by atoms with Gasteiger partial charge in [-0.3, -0.25) is 0 Å². The summed E-state index contributed by atoms with van der Waals surface area (Å²) in [4.78, 5) is 0. The van der Waals surface area contributed by atoms with Gasteiger partial charge in [-0.1, -0.05) is 0 Å². The van der Waals surface area contributed by atoms with Crippen LogP contribution in [0, 0.1) is 17.5 Å². The number of rotatable bonds is 5. The molecule has 1 N–H and O–H groups in total. The van der Waals surface area contributed by atoms with Crippen molar-refractivity contribution in [3.63, 3.8) is 0 Å². The third-order valence-corrected chi connectivity index (χ3v) is 2.75. The van der Waals surface area contributed by atoms with Crippen molar-refractivity contribution < 1.29 is 17.9 Å². The van der Waals surface area contributed by atoms with Crippen LogP contribution in [0.2, 0.25) is 0 Å². The van der Waals surface area contributed by atoms with Crippen molar-refractivity contribution in [3.05, 3.63) is 29.6 Å². The van der Waals surface area contributed by atoms with Crippen LogP contribution in [0.25, 0.3) is 0 Å². The fourth-order valence-electron chi connectivity index (χ4n) is 1.80. The predicted octanol–water partition coefficient (Wildman–Crippen LogP) is 3.72. The summed E-state index contributed by atoms with van der Waals surface area (Å²) in [6.07, 6.45) is 0.555. The molecule has 0 amide bonds. The first-order chi connectivity index (χ1) is 8.25. The number of hydrogen-bond donors (Lipinski definition) is 1. The number of nitrogens with one attached hydrogen (secondary N) is 1. The number of ether oxygens (including phenoxy) is 1. The highest BCUT2D eigenvalue weighted by Gasteiger charge is 2.22. The summed E-state index contributed by atoms with van der Waals surface area (Å²) >= 11 is 0. The van der Waals surface area contributed by atoms with E-state index in [0.29, 0.717) is 18.6 Å². The molecule has 1 aromatic rings. The Kier molecular flexibility index (Phi) is 4.62. The highest BCUT2D eigenvalue weighted by Crippen LogP contribution is 2.23. The van der Waals surface area contributed by atoms with E-state index in [0.717, 1.165) is 0 Å². The fourth-order valence-corrected chi connectivity index (χ4v) is 1.80. The van der Waals surface area contributed by atoms with Crippen molar-refractivity contribution in [3.8, 4) is 0 Å². The zero-order chi connectivity index (χ0) is 13.9. The summed E-state index contributed by atoms with van der Waals surface area (Å²) in [6, 6.07) is 1.09. The molecule has 0 radical (unpaired) electrons. The Morgan fingerprint density at radius 2 is 1.72 bits per heavy atom. The minimum absolute atomic E-state index is 0.214. The van der Waals surface area contributed by atoms with E-state index in [1.54, 1.807) is 14.0 Å². The van der Waals surface area contributed by atoms with Crippen LogP contribution in [0.5, 0.6) is 0 Å². The van der Waals surface area contributed by atoms with E-state index in [4.69, 9.17) is 4.74 Å². The summed E-state index contributed by atoms with van der Waals surface area (Å²) in [5.74, 6) is -2.80. The molecule has 1 rings (SSSR count). The molecule has 0 saturated heterocycles. The minimum atomic E-state index is -0.936. The normalized spacial score (nSPS) is 13.5. The molecular formula is C13H18F3NO. The predicted molar refractivity (Wildman–Crippen MR) is 65.1 cm³/mol. The molecule has 0 bridgehead atoms. The highest BCUT2D eigenvalue weighted by atomic mass is 19.1. The van der Waals surface area contributed by atoms with Gasteiger partial charge in [0.05, 0.1) is 5.60 Å². The monoisotopic (exact) mass is 261 g/mol. The molecule has 0 spiro atoms. The van der Waals surface area contributed by atoms with E-state index in [2.05, 4.69) is 5.32 Å². The lowest BCUT2D eigenvalue weighted by atomic mass is 9.99. The second-order valence-corrected chi connectivity index (χ2v) is 4.96. The van der Waals surface area contributed by atoms with E-state index in [9.17, 15) is 13.2 Å². The van der Waals surface area contributed by atoms with Crippen molar-refractivity contribution in [2.75, 3.05) is 12.4 Å². The Labute approximate surface area is 105 Å². The molecule has 0 saturated carbocycles. The van der Waals surface area contributed by atoms with E-state index in [-0.39, 0.29) is 11.7 Å². The third-order valence-electron chi connectivity index (χ3n) is 2.75. The third kappa shape index (κ3) is 3.91. The molecule has 0 heterocycles. The maximum absolute atomic E-state index is 13.4. The average Bonchev–Trinajstić information content (AvgIpc) is 2.22. The lowest BCUT2D eigenvalue weighted by molar-refractivity contribution is 0.0127. The molecule has 0 aliphatic carbocycles. The van der Waals surface area contributed by atoms with Crippen LogP contribution in [0.15, 0.2) is 12.1 Å². The summed E-state index contributed by atoms with van der Waals surface area (Å²) in [5.41, 5.74) is -0.713. The Balaban J connectivity index is 2.79. The summed E-state index contributed by atoms with van der Waals surface area (Å²) in [5, 5.41) is 2.70. The molecule has 102 valence electrons. The second kappa shape index (κ2) is 5.61. The van der Waals surface area contributed by atoms with Gasteiger partial charge in [-0.05, 0) is 27.2 Å². The van der Waals surface area contributed by atoms with Gasteiger partial charge < -0.3 is 10.1 Å². The summed E-state index contributed by atoms with van der Waals surface area (Å²) in [6.45, 7) is 5.54. The standard InChI is InChI=1S/C13H18F3NO/c1-8(7-13(2,3)18-4)17-12-10(15)5-9(14)6-11(12)16/h5-6,8,17H,7H2,1-4H3. The fraction of sp³-hybridized carbons (Fsp3) is 0.538. The van der Waals surface area contributed by atoms with Gasteiger partial charge in [-0.25, -0.2) is 13.2 Å². The lowest BCUT2D eigenvalue weighted by Gasteiger charge is -2.27. The van der Waals surface area contributed by atoms with Gasteiger partial charge in [0.1, 0.15) is 11.5 Å². The van der Waals surface area contributed by atoms with Gasteiger partial charge in [0.25, 0.3) is 0 Å². The molecule has 1 unspecified atom stereocenters. The molecule has 18 heavy (non-hydrogen) atoms. The van der Waals surface area contributed by atoms with Crippen molar-refractivity contribution in [1.29, 1.82) is 0 Å². The van der Waals surface area contributed by atoms with Crippen LogP contribution < -0.4 is 5.32 Å². The number of halogens is 3. The molecule has 0 aromatic heterocycles.